The smallest absolute Gasteiger partial charge is 0.229 e. The molecule has 0 aliphatic heterocycles. The molecule has 0 radical (unpaired) electrons. The Kier molecular flexibility index (Phi) is 5.08. The van der Waals surface area contributed by atoms with Gasteiger partial charge in [-0.15, -0.1) is 0 Å². The Hall–Kier alpha value is -3.16. The van der Waals surface area contributed by atoms with Crippen molar-refractivity contribution in [1.82, 2.24) is 9.97 Å². The Labute approximate surface area is 173 Å². The van der Waals surface area contributed by atoms with Gasteiger partial charge in [0.1, 0.15) is 11.5 Å². The van der Waals surface area contributed by atoms with Crippen LogP contribution in [0.25, 0.3) is 22.0 Å². The molecule has 0 unspecified atom stereocenters. The van der Waals surface area contributed by atoms with E-state index in [4.69, 9.17) is 16.3 Å². The summed E-state index contributed by atoms with van der Waals surface area (Å²) >= 11 is 6.03. The van der Waals surface area contributed by atoms with Crippen LogP contribution >= 0.6 is 11.6 Å². The molecule has 0 fully saturated rings. The summed E-state index contributed by atoms with van der Waals surface area (Å²) in [5.74, 6) is 1.39. The predicted octanol–water partition coefficient (Wildman–Crippen LogP) is 5.11. The second-order valence-corrected chi connectivity index (χ2v) is 8.50. The number of pyridine rings is 2. The van der Waals surface area contributed by atoms with Gasteiger partial charge in [0.15, 0.2) is 5.15 Å². The standard InChI is InChI=1S/C21H16ClN3O3S/c1-29(26,27)25-19-12-15(13-24-21(19)22)14-7-8-18-17(11-14)20(9-10-23-18)28-16-5-3-2-4-6-16/h2-13,25H,1H3. The third-order valence-corrected chi connectivity index (χ3v) is 5.03. The normalized spacial score (nSPS) is 11.4. The van der Waals surface area contributed by atoms with Crippen molar-refractivity contribution in [1.29, 1.82) is 0 Å². The van der Waals surface area contributed by atoms with E-state index in [2.05, 4.69) is 14.7 Å². The number of sulfonamides is 1. The van der Waals surface area contributed by atoms with E-state index in [1.165, 1.54) is 0 Å². The lowest BCUT2D eigenvalue weighted by atomic mass is 10.0. The summed E-state index contributed by atoms with van der Waals surface area (Å²) in [6, 6.07) is 18.6. The van der Waals surface area contributed by atoms with Gasteiger partial charge in [-0.05, 0) is 42.0 Å². The number of rotatable bonds is 5. The van der Waals surface area contributed by atoms with Crippen molar-refractivity contribution in [2.75, 3.05) is 11.0 Å². The minimum Gasteiger partial charge on any atom is -0.457 e. The third-order valence-electron chi connectivity index (χ3n) is 4.14. The summed E-state index contributed by atoms with van der Waals surface area (Å²) in [4.78, 5) is 8.49. The number of fused-ring (bicyclic) bond motifs is 1. The number of nitrogens with zero attached hydrogens (tertiary/aromatic N) is 2. The molecular formula is C21H16ClN3O3S. The van der Waals surface area contributed by atoms with Crippen molar-refractivity contribution in [3.05, 3.63) is 78.2 Å². The number of halogens is 1. The van der Waals surface area contributed by atoms with Gasteiger partial charge in [-0.3, -0.25) is 9.71 Å². The van der Waals surface area contributed by atoms with Gasteiger partial charge in [-0.1, -0.05) is 35.9 Å². The zero-order valence-corrected chi connectivity index (χ0v) is 16.9. The molecule has 0 saturated heterocycles. The maximum absolute atomic E-state index is 11.6. The van der Waals surface area contributed by atoms with Gasteiger partial charge in [-0.25, -0.2) is 13.4 Å². The molecule has 2 heterocycles. The fourth-order valence-electron chi connectivity index (χ4n) is 2.88. The van der Waals surface area contributed by atoms with Crippen LogP contribution in [0.5, 0.6) is 11.5 Å². The van der Waals surface area contributed by atoms with E-state index >= 15 is 0 Å². The van der Waals surface area contributed by atoms with Gasteiger partial charge in [0, 0.05) is 23.3 Å². The molecule has 2 aromatic heterocycles. The van der Waals surface area contributed by atoms with Crippen LogP contribution in [0.1, 0.15) is 0 Å². The maximum Gasteiger partial charge on any atom is 0.229 e. The molecule has 2 aromatic carbocycles. The number of nitrogens with one attached hydrogen (secondary N) is 1. The summed E-state index contributed by atoms with van der Waals surface area (Å²) in [6.07, 6.45) is 4.34. The van der Waals surface area contributed by atoms with E-state index in [9.17, 15) is 8.42 Å². The summed E-state index contributed by atoms with van der Waals surface area (Å²) in [5, 5.41) is 0.899. The summed E-state index contributed by atoms with van der Waals surface area (Å²) < 4.78 is 31.5. The number of hydrogen-bond donors (Lipinski definition) is 1. The van der Waals surface area contributed by atoms with Gasteiger partial charge in [0.05, 0.1) is 17.5 Å². The Balaban J connectivity index is 1.78. The molecule has 0 aliphatic rings. The Morgan fingerprint density at radius 2 is 1.76 bits per heavy atom. The summed E-state index contributed by atoms with van der Waals surface area (Å²) in [7, 11) is -3.48. The highest BCUT2D eigenvalue weighted by Gasteiger charge is 2.11. The van der Waals surface area contributed by atoms with E-state index in [0.29, 0.717) is 11.3 Å². The molecule has 0 spiro atoms. The lowest BCUT2D eigenvalue weighted by Gasteiger charge is -2.11. The van der Waals surface area contributed by atoms with Crippen molar-refractivity contribution in [3.63, 3.8) is 0 Å². The number of aromatic nitrogens is 2. The van der Waals surface area contributed by atoms with E-state index in [1.54, 1.807) is 24.5 Å². The van der Waals surface area contributed by atoms with Crippen LogP contribution in [0, 0.1) is 0 Å². The third kappa shape index (κ3) is 4.47. The molecule has 0 saturated carbocycles. The number of para-hydroxylation sites is 1. The SMILES string of the molecule is CS(=O)(=O)Nc1cc(-c2ccc3nccc(Oc4ccccc4)c3c2)cnc1Cl. The van der Waals surface area contributed by atoms with Crippen LogP contribution in [0.3, 0.4) is 0 Å². The number of benzene rings is 2. The fraction of sp³-hybridized carbons (Fsp3) is 0.0476. The van der Waals surface area contributed by atoms with Gasteiger partial charge >= 0.3 is 0 Å². The molecule has 4 rings (SSSR count). The van der Waals surface area contributed by atoms with Crippen molar-refractivity contribution >= 4 is 38.2 Å². The van der Waals surface area contributed by atoms with Crippen molar-refractivity contribution in [2.24, 2.45) is 0 Å². The highest BCUT2D eigenvalue weighted by molar-refractivity contribution is 7.92. The van der Waals surface area contributed by atoms with E-state index in [0.717, 1.165) is 28.5 Å². The predicted molar refractivity (Wildman–Crippen MR) is 115 cm³/mol. The molecule has 0 amide bonds. The molecule has 8 heteroatoms. The topological polar surface area (TPSA) is 81.2 Å². The minimum atomic E-state index is -3.48. The molecule has 6 nitrogen and oxygen atoms in total. The Morgan fingerprint density at radius 1 is 0.966 bits per heavy atom. The zero-order valence-electron chi connectivity index (χ0n) is 15.3. The van der Waals surface area contributed by atoms with Crippen LogP contribution in [0.15, 0.2) is 73.1 Å². The number of ether oxygens (including phenoxy) is 1. The molecule has 4 aromatic rings. The monoisotopic (exact) mass is 425 g/mol. The first-order valence-electron chi connectivity index (χ1n) is 8.64. The van der Waals surface area contributed by atoms with Crippen LogP contribution < -0.4 is 9.46 Å². The van der Waals surface area contributed by atoms with Gasteiger partial charge in [0.2, 0.25) is 10.0 Å². The highest BCUT2D eigenvalue weighted by Crippen LogP contribution is 2.33. The average Bonchev–Trinajstić information content (AvgIpc) is 2.69. The van der Waals surface area contributed by atoms with Crippen molar-refractivity contribution in [3.8, 4) is 22.6 Å². The molecular weight excluding hydrogens is 410 g/mol. The average molecular weight is 426 g/mol. The first-order chi connectivity index (χ1) is 13.9. The van der Waals surface area contributed by atoms with Crippen LogP contribution in [0.4, 0.5) is 5.69 Å². The first-order valence-corrected chi connectivity index (χ1v) is 10.9. The number of anilines is 1. The van der Waals surface area contributed by atoms with Crippen molar-refractivity contribution < 1.29 is 13.2 Å². The first kappa shape index (κ1) is 19.2. The maximum atomic E-state index is 11.6. The molecule has 0 atom stereocenters. The Morgan fingerprint density at radius 3 is 2.52 bits per heavy atom. The lowest BCUT2D eigenvalue weighted by Crippen LogP contribution is -2.10. The summed E-state index contributed by atoms with van der Waals surface area (Å²) in [6.45, 7) is 0. The van der Waals surface area contributed by atoms with Crippen LogP contribution in [-0.2, 0) is 10.0 Å². The lowest BCUT2D eigenvalue weighted by molar-refractivity contribution is 0.488. The molecule has 0 bridgehead atoms. The van der Waals surface area contributed by atoms with Gasteiger partial charge in [-0.2, -0.15) is 0 Å². The van der Waals surface area contributed by atoms with Crippen LogP contribution in [-0.4, -0.2) is 24.6 Å². The molecule has 0 aliphatic carbocycles. The molecule has 1 N–H and O–H groups in total. The fourth-order valence-corrected chi connectivity index (χ4v) is 3.64. The zero-order chi connectivity index (χ0) is 20.4. The molecule has 29 heavy (non-hydrogen) atoms. The van der Waals surface area contributed by atoms with Crippen molar-refractivity contribution in [2.45, 2.75) is 0 Å². The second-order valence-electron chi connectivity index (χ2n) is 6.39. The largest absolute Gasteiger partial charge is 0.457 e. The van der Waals surface area contributed by atoms with Gasteiger partial charge in [0.25, 0.3) is 0 Å². The minimum absolute atomic E-state index is 0.0785. The number of hydrogen-bond acceptors (Lipinski definition) is 5. The Bertz CT molecular complexity index is 1300. The highest BCUT2D eigenvalue weighted by atomic mass is 35.5. The van der Waals surface area contributed by atoms with E-state index in [1.807, 2.05) is 48.5 Å². The van der Waals surface area contributed by atoms with E-state index < -0.39 is 10.0 Å². The van der Waals surface area contributed by atoms with E-state index in [-0.39, 0.29) is 10.8 Å². The quantitative estimate of drug-likeness (QED) is 0.449. The molecule has 146 valence electrons. The second kappa shape index (κ2) is 7.69. The summed E-state index contributed by atoms with van der Waals surface area (Å²) in [5.41, 5.74) is 2.53. The van der Waals surface area contributed by atoms with Crippen LogP contribution in [0.2, 0.25) is 5.15 Å². The van der Waals surface area contributed by atoms with Gasteiger partial charge < -0.3 is 4.74 Å².